The van der Waals surface area contributed by atoms with Gasteiger partial charge in [0.05, 0.1) is 5.75 Å². The smallest absolute Gasteiger partial charge is 0.172 e. The Labute approximate surface area is 100 Å². The highest BCUT2D eigenvalue weighted by Crippen LogP contribution is 2.17. The molecule has 0 spiro atoms. The summed E-state index contributed by atoms with van der Waals surface area (Å²) < 4.78 is 0. The van der Waals surface area contributed by atoms with Gasteiger partial charge in [0.25, 0.3) is 0 Å². The van der Waals surface area contributed by atoms with E-state index in [-0.39, 0.29) is 5.78 Å². The molecule has 1 unspecified atom stereocenters. The quantitative estimate of drug-likeness (QED) is 0.725. The molecule has 1 aromatic carbocycles. The zero-order valence-electron chi connectivity index (χ0n) is 9.00. The van der Waals surface area contributed by atoms with Crippen LogP contribution in [0, 0.1) is 0 Å². The normalized spacial score (nSPS) is 12.5. The summed E-state index contributed by atoms with van der Waals surface area (Å²) in [6, 6.07) is 7.12. The lowest BCUT2D eigenvalue weighted by Crippen LogP contribution is -2.05. The van der Waals surface area contributed by atoms with Crippen molar-refractivity contribution in [2.45, 2.75) is 25.5 Å². The highest BCUT2D eigenvalue weighted by Gasteiger charge is 2.08. The first-order chi connectivity index (χ1) is 7.13. The Morgan fingerprint density at radius 2 is 2.27 bits per heavy atom. The molecule has 0 bridgehead atoms. The molecule has 0 radical (unpaired) electrons. The van der Waals surface area contributed by atoms with Crippen molar-refractivity contribution in [2.24, 2.45) is 0 Å². The van der Waals surface area contributed by atoms with E-state index in [2.05, 4.69) is 13.8 Å². The number of hydrogen-bond acceptors (Lipinski definition) is 2. The number of ketones is 1. The van der Waals surface area contributed by atoms with Crippen molar-refractivity contribution < 1.29 is 4.79 Å². The van der Waals surface area contributed by atoms with Crippen molar-refractivity contribution in [3.05, 3.63) is 34.9 Å². The van der Waals surface area contributed by atoms with Gasteiger partial charge in [-0.05, 0) is 18.6 Å². The fourth-order valence-electron chi connectivity index (χ4n) is 1.08. The summed E-state index contributed by atoms with van der Waals surface area (Å²) in [6.07, 6.45) is 1.09. The molecule has 0 aliphatic heterocycles. The molecule has 0 saturated heterocycles. The van der Waals surface area contributed by atoms with Gasteiger partial charge < -0.3 is 0 Å². The van der Waals surface area contributed by atoms with Crippen molar-refractivity contribution in [3.8, 4) is 0 Å². The van der Waals surface area contributed by atoms with E-state index in [4.69, 9.17) is 11.6 Å². The van der Waals surface area contributed by atoms with Crippen LogP contribution in [0.5, 0.6) is 0 Å². The van der Waals surface area contributed by atoms with Gasteiger partial charge in [-0.1, -0.05) is 37.6 Å². The van der Waals surface area contributed by atoms with Gasteiger partial charge in [-0.3, -0.25) is 4.79 Å². The van der Waals surface area contributed by atoms with E-state index in [1.54, 1.807) is 23.9 Å². The molecule has 0 aliphatic carbocycles. The summed E-state index contributed by atoms with van der Waals surface area (Å²) in [7, 11) is 0. The van der Waals surface area contributed by atoms with Crippen molar-refractivity contribution in [1.29, 1.82) is 0 Å². The van der Waals surface area contributed by atoms with Crippen molar-refractivity contribution >= 4 is 29.1 Å². The third-order valence-corrected chi connectivity index (χ3v) is 3.79. The van der Waals surface area contributed by atoms with Crippen LogP contribution in [0.4, 0.5) is 0 Å². The molecule has 1 rings (SSSR count). The van der Waals surface area contributed by atoms with Gasteiger partial charge in [-0.15, -0.1) is 0 Å². The lowest BCUT2D eigenvalue weighted by atomic mass is 10.1. The first-order valence-electron chi connectivity index (χ1n) is 5.04. The number of Topliss-reactive ketones (excluding diaryl/α,β-unsaturated/α-hetero) is 1. The van der Waals surface area contributed by atoms with Gasteiger partial charge >= 0.3 is 0 Å². The van der Waals surface area contributed by atoms with Crippen LogP contribution in [0.15, 0.2) is 24.3 Å². The number of halogens is 1. The van der Waals surface area contributed by atoms with Crippen LogP contribution in [-0.4, -0.2) is 16.8 Å². The Hall–Kier alpha value is -0.470. The zero-order chi connectivity index (χ0) is 11.3. The molecule has 0 N–H and O–H groups in total. The molecule has 82 valence electrons. The van der Waals surface area contributed by atoms with E-state index in [0.29, 0.717) is 21.6 Å². The minimum Gasteiger partial charge on any atom is -0.293 e. The second-order valence-electron chi connectivity index (χ2n) is 3.46. The van der Waals surface area contributed by atoms with Crippen LogP contribution in [-0.2, 0) is 0 Å². The molecule has 0 aliphatic rings. The van der Waals surface area contributed by atoms with Crippen molar-refractivity contribution in [2.75, 3.05) is 5.75 Å². The SMILES string of the molecule is CCC(C)SCC(=O)c1cccc(Cl)c1. The molecule has 1 aromatic rings. The van der Waals surface area contributed by atoms with E-state index < -0.39 is 0 Å². The van der Waals surface area contributed by atoms with Crippen LogP contribution in [0.25, 0.3) is 0 Å². The van der Waals surface area contributed by atoms with E-state index in [1.165, 1.54) is 0 Å². The van der Waals surface area contributed by atoms with Crippen LogP contribution in [0.3, 0.4) is 0 Å². The fourth-order valence-corrected chi connectivity index (χ4v) is 2.11. The molecule has 0 amide bonds. The van der Waals surface area contributed by atoms with Gasteiger partial charge in [0.15, 0.2) is 5.78 Å². The Bertz CT molecular complexity index is 338. The Balaban J connectivity index is 2.54. The van der Waals surface area contributed by atoms with E-state index in [9.17, 15) is 4.79 Å². The third kappa shape index (κ3) is 4.27. The maximum atomic E-state index is 11.7. The topological polar surface area (TPSA) is 17.1 Å². The second-order valence-corrected chi connectivity index (χ2v) is 5.33. The molecular weight excluding hydrogens is 228 g/mol. The van der Waals surface area contributed by atoms with Crippen LogP contribution in [0.1, 0.15) is 30.6 Å². The van der Waals surface area contributed by atoms with Gasteiger partial charge in [0, 0.05) is 15.8 Å². The third-order valence-electron chi connectivity index (χ3n) is 2.22. The maximum absolute atomic E-state index is 11.7. The number of thioether (sulfide) groups is 1. The average molecular weight is 243 g/mol. The molecule has 0 heterocycles. The first kappa shape index (κ1) is 12.6. The van der Waals surface area contributed by atoms with Crippen molar-refractivity contribution in [3.63, 3.8) is 0 Å². The summed E-state index contributed by atoms with van der Waals surface area (Å²) in [4.78, 5) is 11.7. The summed E-state index contributed by atoms with van der Waals surface area (Å²) >= 11 is 7.51. The van der Waals surface area contributed by atoms with Gasteiger partial charge in [0.1, 0.15) is 0 Å². The average Bonchev–Trinajstić information content (AvgIpc) is 2.25. The highest BCUT2D eigenvalue weighted by molar-refractivity contribution is 8.00. The predicted molar refractivity (Wildman–Crippen MR) is 68.0 cm³/mol. The number of benzene rings is 1. The predicted octanol–water partition coefficient (Wildman–Crippen LogP) is 4.05. The standard InChI is InChI=1S/C12H15ClOS/c1-3-9(2)15-8-12(14)10-5-4-6-11(13)7-10/h4-7,9H,3,8H2,1-2H3. The Morgan fingerprint density at radius 3 is 2.87 bits per heavy atom. The Kier molecular flexibility index (Phi) is 5.20. The number of rotatable bonds is 5. The maximum Gasteiger partial charge on any atom is 0.172 e. The van der Waals surface area contributed by atoms with Crippen molar-refractivity contribution in [1.82, 2.24) is 0 Å². The number of carbonyl (C=O) groups excluding carboxylic acids is 1. The van der Waals surface area contributed by atoms with Gasteiger partial charge in [0.2, 0.25) is 0 Å². The molecule has 15 heavy (non-hydrogen) atoms. The fraction of sp³-hybridized carbons (Fsp3) is 0.417. The molecule has 3 heteroatoms. The minimum atomic E-state index is 0.155. The molecule has 0 aromatic heterocycles. The minimum absolute atomic E-state index is 0.155. The zero-order valence-corrected chi connectivity index (χ0v) is 10.6. The summed E-state index contributed by atoms with van der Waals surface area (Å²) in [5.41, 5.74) is 0.707. The van der Waals surface area contributed by atoms with Crippen LogP contribution in [0.2, 0.25) is 5.02 Å². The van der Waals surface area contributed by atoms with Gasteiger partial charge in [-0.2, -0.15) is 11.8 Å². The number of hydrogen-bond donors (Lipinski definition) is 0. The molecule has 1 nitrogen and oxygen atoms in total. The first-order valence-corrected chi connectivity index (χ1v) is 6.46. The Morgan fingerprint density at radius 1 is 1.53 bits per heavy atom. The van der Waals surface area contributed by atoms with Gasteiger partial charge in [-0.25, -0.2) is 0 Å². The molecule has 0 saturated carbocycles. The summed E-state index contributed by atoms with van der Waals surface area (Å²) in [6.45, 7) is 4.26. The van der Waals surface area contributed by atoms with Crippen LogP contribution < -0.4 is 0 Å². The van der Waals surface area contributed by atoms with Crippen LogP contribution >= 0.6 is 23.4 Å². The molecular formula is C12H15ClOS. The lowest BCUT2D eigenvalue weighted by molar-refractivity contribution is 0.102. The van der Waals surface area contributed by atoms with E-state index in [1.807, 2.05) is 12.1 Å². The monoisotopic (exact) mass is 242 g/mol. The number of carbonyl (C=O) groups is 1. The lowest BCUT2D eigenvalue weighted by Gasteiger charge is -2.07. The molecule has 1 atom stereocenters. The summed E-state index contributed by atoms with van der Waals surface area (Å²) in [5, 5.41) is 1.16. The van der Waals surface area contributed by atoms with E-state index >= 15 is 0 Å². The summed E-state index contributed by atoms with van der Waals surface area (Å²) in [5.74, 6) is 0.692. The van der Waals surface area contributed by atoms with E-state index in [0.717, 1.165) is 6.42 Å². The largest absolute Gasteiger partial charge is 0.293 e. The highest BCUT2D eigenvalue weighted by atomic mass is 35.5. The second kappa shape index (κ2) is 6.19. The molecule has 0 fully saturated rings.